The monoisotopic (exact) mass is 412 g/mol. The van der Waals surface area contributed by atoms with E-state index in [0.29, 0.717) is 0 Å². The Balaban J connectivity index is 1.70. The molecule has 0 aromatic heterocycles. The van der Waals surface area contributed by atoms with Gasteiger partial charge in [-0.25, -0.2) is 8.42 Å². The lowest BCUT2D eigenvalue weighted by atomic mass is 10.1. The molecule has 0 saturated carbocycles. The number of hydrogen-bond acceptors (Lipinski definition) is 3. The molecule has 0 aliphatic carbocycles. The van der Waals surface area contributed by atoms with Gasteiger partial charge in [0.2, 0.25) is 15.9 Å². The van der Waals surface area contributed by atoms with Crippen LogP contribution in [0.3, 0.4) is 0 Å². The molecule has 2 aromatic carbocycles. The number of carbonyl (C=O) groups is 1. The van der Waals surface area contributed by atoms with E-state index in [0.717, 1.165) is 28.1 Å². The minimum atomic E-state index is -4.77. The molecule has 1 aliphatic heterocycles. The van der Waals surface area contributed by atoms with Gasteiger partial charge in [0.1, 0.15) is 0 Å². The summed E-state index contributed by atoms with van der Waals surface area (Å²) in [5.41, 5.74) is -0.334. The molecule has 1 heterocycles. The molecule has 0 spiro atoms. The third-order valence-corrected chi connectivity index (χ3v) is 6.56. The van der Waals surface area contributed by atoms with E-state index in [2.05, 4.69) is 0 Å². The summed E-state index contributed by atoms with van der Waals surface area (Å²) < 4.78 is 66.0. The third-order valence-electron chi connectivity index (χ3n) is 4.60. The van der Waals surface area contributed by atoms with Gasteiger partial charge in [0, 0.05) is 26.2 Å². The Morgan fingerprint density at radius 2 is 1.46 bits per heavy atom. The second-order valence-electron chi connectivity index (χ2n) is 6.44. The first kappa shape index (κ1) is 20.3. The highest BCUT2D eigenvalue weighted by molar-refractivity contribution is 7.89. The van der Waals surface area contributed by atoms with E-state index in [9.17, 15) is 26.4 Å². The van der Waals surface area contributed by atoms with E-state index in [-0.39, 0.29) is 38.5 Å². The van der Waals surface area contributed by atoms with Crippen molar-refractivity contribution in [2.45, 2.75) is 17.5 Å². The second-order valence-corrected chi connectivity index (χ2v) is 8.35. The number of carbonyl (C=O) groups excluding carboxylic acids is 1. The van der Waals surface area contributed by atoms with Crippen LogP contribution >= 0.6 is 0 Å². The molecule has 9 heteroatoms. The predicted octanol–water partition coefficient (Wildman–Crippen LogP) is 2.78. The number of nitrogens with zero attached hydrogens (tertiary/aromatic N) is 2. The zero-order valence-electron chi connectivity index (χ0n) is 14.9. The molecule has 3 rings (SSSR count). The normalized spacial score (nSPS) is 16.2. The average molecular weight is 412 g/mol. The van der Waals surface area contributed by atoms with E-state index < -0.39 is 26.7 Å². The van der Waals surface area contributed by atoms with Crippen molar-refractivity contribution in [3.05, 3.63) is 65.7 Å². The molecule has 1 saturated heterocycles. The van der Waals surface area contributed by atoms with Crippen molar-refractivity contribution in [2.24, 2.45) is 0 Å². The van der Waals surface area contributed by atoms with Gasteiger partial charge in [-0.05, 0) is 17.7 Å². The van der Waals surface area contributed by atoms with Crippen LogP contribution in [0.25, 0.3) is 0 Å². The zero-order chi connectivity index (χ0) is 20.4. The van der Waals surface area contributed by atoms with Crippen LogP contribution in [0.4, 0.5) is 13.2 Å². The summed E-state index contributed by atoms with van der Waals surface area (Å²) in [5.74, 6) is -0.140. The van der Waals surface area contributed by atoms with Crippen molar-refractivity contribution in [3.8, 4) is 0 Å². The minimum absolute atomic E-state index is 0.0466. The smallest absolute Gasteiger partial charge is 0.340 e. The Morgan fingerprint density at radius 3 is 2.07 bits per heavy atom. The van der Waals surface area contributed by atoms with E-state index in [1.54, 1.807) is 0 Å². The molecule has 0 atom stereocenters. The lowest BCUT2D eigenvalue weighted by Crippen LogP contribution is -2.51. The van der Waals surface area contributed by atoms with Gasteiger partial charge < -0.3 is 4.90 Å². The van der Waals surface area contributed by atoms with Crippen LogP contribution in [0.5, 0.6) is 0 Å². The standard InChI is InChI=1S/C19H19F3N2O3S/c20-19(21,22)16-8-4-5-9-17(16)28(26,27)24-12-10-23(11-13-24)18(25)14-15-6-2-1-3-7-15/h1-9H,10-14H2. The molecule has 1 aliphatic rings. The van der Waals surface area contributed by atoms with E-state index in [1.165, 1.54) is 11.0 Å². The van der Waals surface area contributed by atoms with Crippen molar-refractivity contribution >= 4 is 15.9 Å². The molecule has 1 amide bonds. The largest absolute Gasteiger partial charge is 0.417 e. The highest BCUT2D eigenvalue weighted by atomic mass is 32.2. The fraction of sp³-hybridized carbons (Fsp3) is 0.316. The van der Waals surface area contributed by atoms with Gasteiger partial charge in [-0.2, -0.15) is 17.5 Å². The number of amides is 1. The van der Waals surface area contributed by atoms with Gasteiger partial charge in [0.15, 0.2) is 0 Å². The van der Waals surface area contributed by atoms with Gasteiger partial charge in [-0.15, -0.1) is 0 Å². The van der Waals surface area contributed by atoms with Gasteiger partial charge >= 0.3 is 6.18 Å². The van der Waals surface area contributed by atoms with Crippen LogP contribution in [-0.4, -0.2) is 49.7 Å². The number of halogens is 3. The summed E-state index contributed by atoms with van der Waals surface area (Å²) in [4.78, 5) is 13.2. The lowest BCUT2D eigenvalue weighted by Gasteiger charge is -2.34. The van der Waals surface area contributed by atoms with Crippen molar-refractivity contribution < 1.29 is 26.4 Å². The minimum Gasteiger partial charge on any atom is -0.340 e. The maximum Gasteiger partial charge on any atom is 0.417 e. The fourth-order valence-electron chi connectivity index (χ4n) is 3.12. The van der Waals surface area contributed by atoms with Crippen LogP contribution in [-0.2, 0) is 27.4 Å². The Kier molecular flexibility index (Phi) is 5.76. The number of sulfonamides is 1. The Bertz CT molecular complexity index is 938. The molecule has 2 aromatic rings. The van der Waals surface area contributed by atoms with Crippen LogP contribution in [0.15, 0.2) is 59.5 Å². The van der Waals surface area contributed by atoms with Crippen molar-refractivity contribution in [2.75, 3.05) is 26.2 Å². The topological polar surface area (TPSA) is 57.7 Å². The molecular formula is C19H19F3N2O3S. The van der Waals surface area contributed by atoms with Crippen LogP contribution in [0.2, 0.25) is 0 Å². The molecule has 28 heavy (non-hydrogen) atoms. The van der Waals surface area contributed by atoms with Crippen LogP contribution in [0, 0.1) is 0 Å². The van der Waals surface area contributed by atoms with Gasteiger partial charge in [0.25, 0.3) is 0 Å². The number of rotatable bonds is 4. The summed E-state index contributed by atoms with van der Waals surface area (Å²) in [5, 5.41) is 0. The predicted molar refractivity (Wildman–Crippen MR) is 96.9 cm³/mol. The third kappa shape index (κ3) is 4.36. The molecule has 0 radical (unpaired) electrons. The fourth-order valence-corrected chi connectivity index (χ4v) is 4.76. The van der Waals surface area contributed by atoms with Gasteiger partial charge in [0.05, 0.1) is 16.9 Å². The van der Waals surface area contributed by atoms with E-state index >= 15 is 0 Å². The van der Waals surface area contributed by atoms with E-state index in [1.807, 2.05) is 30.3 Å². The molecule has 0 N–H and O–H groups in total. The van der Waals surface area contributed by atoms with Crippen molar-refractivity contribution in [1.82, 2.24) is 9.21 Å². The van der Waals surface area contributed by atoms with Crippen LogP contribution < -0.4 is 0 Å². The average Bonchev–Trinajstić information content (AvgIpc) is 2.68. The summed E-state index contributed by atoms with van der Waals surface area (Å²) in [6.45, 7) is 0.183. The first-order chi connectivity index (χ1) is 13.2. The summed E-state index contributed by atoms with van der Waals surface area (Å²) in [6.07, 6.45) is -4.57. The first-order valence-electron chi connectivity index (χ1n) is 8.67. The number of alkyl halides is 3. The van der Waals surface area contributed by atoms with Crippen molar-refractivity contribution in [3.63, 3.8) is 0 Å². The molecule has 1 fully saturated rings. The maximum atomic E-state index is 13.2. The summed E-state index contributed by atoms with van der Waals surface area (Å²) >= 11 is 0. The highest BCUT2D eigenvalue weighted by Crippen LogP contribution is 2.35. The Morgan fingerprint density at radius 1 is 0.893 bits per heavy atom. The summed E-state index contributed by atoms with van der Waals surface area (Å²) in [7, 11) is -4.31. The maximum absolute atomic E-state index is 13.2. The molecular weight excluding hydrogens is 393 g/mol. The second kappa shape index (κ2) is 7.92. The number of hydrogen-bond donors (Lipinski definition) is 0. The molecule has 5 nitrogen and oxygen atoms in total. The van der Waals surface area contributed by atoms with E-state index in [4.69, 9.17) is 0 Å². The molecule has 150 valence electrons. The SMILES string of the molecule is O=C(Cc1ccccc1)N1CCN(S(=O)(=O)c2ccccc2C(F)(F)F)CC1. The lowest BCUT2D eigenvalue weighted by molar-refractivity contribution is -0.139. The molecule has 0 unspecified atom stereocenters. The first-order valence-corrected chi connectivity index (χ1v) is 10.1. The Labute approximate surface area is 161 Å². The summed E-state index contributed by atoms with van der Waals surface area (Å²) in [6, 6.07) is 13.3. The number of piperazine rings is 1. The highest BCUT2D eigenvalue weighted by Gasteiger charge is 2.39. The quantitative estimate of drug-likeness (QED) is 0.776. The van der Waals surface area contributed by atoms with Gasteiger partial charge in [-0.1, -0.05) is 42.5 Å². The van der Waals surface area contributed by atoms with Crippen LogP contribution in [0.1, 0.15) is 11.1 Å². The zero-order valence-corrected chi connectivity index (χ0v) is 15.7. The van der Waals surface area contributed by atoms with Gasteiger partial charge in [-0.3, -0.25) is 4.79 Å². The Hall–Kier alpha value is -2.39. The number of benzene rings is 2. The molecule has 0 bridgehead atoms. The van der Waals surface area contributed by atoms with Crippen molar-refractivity contribution in [1.29, 1.82) is 0 Å².